The van der Waals surface area contributed by atoms with Crippen molar-refractivity contribution in [1.82, 2.24) is 14.9 Å². The van der Waals surface area contributed by atoms with Gasteiger partial charge in [-0.15, -0.1) is 0 Å². The predicted octanol–water partition coefficient (Wildman–Crippen LogP) is 1.93. The van der Waals surface area contributed by atoms with Crippen molar-refractivity contribution < 1.29 is 18.0 Å². The van der Waals surface area contributed by atoms with E-state index in [-0.39, 0.29) is 12.2 Å². The standard InChI is InChI=1S/C11H15F3N4O/c1-3-4-18(7-11(12,13)14)10(19)8-5-16-6-9(15-2)17-8/h5-6H,3-4,7H2,1-2H3,(H,15,17). The summed E-state index contributed by atoms with van der Waals surface area (Å²) in [6.45, 7) is 0.432. The van der Waals surface area contributed by atoms with E-state index in [1.165, 1.54) is 6.20 Å². The van der Waals surface area contributed by atoms with E-state index in [2.05, 4.69) is 15.3 Å². The zero-order valence-electron chi connectivity index (χ0n) is 10.7. The summed E-state index contributed by atoms with van der Waals surface area (Å²) < 4.78 is 37.2. The number of nitrogens with zero attached hydrogens (tertiary/aromatic N) is 3. The molecule has 0 spiro atoms. The molecule has 1 N–H and O–H groups in total. The molecular weight excluding hydrogens is 261 g/mol. The molecule has 0 radical (unpaired) electrons. The highest BCUT2D eigenvalue weighted by molar-refractivity contribution is 5.92. The zero-order chi connectivity index (χ0) is 14.5. The lowest BCUT2D eigenvalue weighted by Gasteiger charge is -2.23. The van der Waals surface area contributed by atoms with Gasteiger partial charge in [0.1, 0.15) is 18.1 Å². The van der Waals surface area contributed by atoms with Gasteiger partial charge < -0.3 is 10.2 Å². The molecule has 0 bridgehead atoms. The molecule has 106 valence electrons. The monoisotopic (exact) mass is 276 g/mol. The van der Waals surface area contributed by atoms with Crippen LogP contribution in [0.15, 0.2) is 12.4 Å². The van der Waals surface area contributed by atoms with Crippen molar-refractivity contribution in [2.24, 2.45) is 0 Å². The average Bonchev–Trinajstić information content (AvgIpc) is 2.36. The number of aromatic nitrogens is 2. The first kappa shape index (κ1) is 15.2. The third-order valence-electron chi connectivity index (χ3n) is 2.26. The quantitative estimate of drug-likeness (QED) is 0.892. The minimum atomic E-state index is -4.43. The first-order chi connectivity index (χ1) is 8.87. The van der Waals surface area contributed by atoms with Gasteiger partial charge >= 0.3 is 6.18 Å². The molecule has 0 saturated carbocycles. The fourth-order valence-electron chi connectivity index (χ4n) is 1.49. The SMILES string of the molecule is CCCN(CC(F)(F)F)C(=O)c1cncc(NC)n1. The Balaban J connectivity index is 2.91. The molecule has 1 amide bonds. The summed E-state index contributed by atoms with van der Waals surface area (Å²) >= 11 is 0. The lowest BCUT2D eigenvalue weighted by atomic mass is 10.3. The number of amides is 1. The lowest BCUT2D eigenvalue weighted by molar-refractivity contribution is -0.140. The number of hydrogen-bond acceptors (Lipinski definition) is 4. The molecule has 0 saturated heterocycles. The number of halogens is 3. The van der Waals surface area contributed by atoms with Crippen molar-refractivity contribution in [2.45, 2.75) is 19.5 Å². The van der Waals surface area contributed by atoms with Crippen molar-refractivity contribution in [3.8, 4) is 0 Å². The van der Waals surface area contributed by atoms with Crippen LogP contribution < -0.4 is 5.32 Å². The molecule has 0 aliphatic rings. The summed E-state index contributed by atoms with van der Waals surface area (Å²) in [4.78, 5) is 20.4. The summed E-state index contributed by atoms with van der Waals surface area (Å²) in [6, 6.07) is 0. The molecule has 0 unspecified atom stereocenters. The Morgan fingerprint density at radius 2 is 2.11 bits per heavy atom. The molecule has 0 aliphatic carbocycles. The van der Waals surface area contributed by atoms with E-state index in [0.717, 1.165) is 11.1 Å². The van der Waals surface area contributed by atoms with Gasteiger partial charge in [0.15, 0.2) is 0 Å². The van der Waals surface area contributed by atoms with Crippen LogP contribution in [0.4, 0.5) is 19.0 Å². The highest BCUT2D eigenvalue weighted by Gasteiger charge is 2.33. The Hall–Kier alpha value is -1.86. The molecule has 8 heteroatoms. The highest BCUT2D eigenvalue weighted by atomic mass is 19.4. The van der Waals surface area contributed by atoms with Crippen LogP contribution in [0.2, 0.25) is 0 Å². The Morgan fingerprint density at radius 1 is 1.42 bits per heavy atom. The van der Waals surface area contributed by atoms with Crippen molar-refractivity contribution >= 4 is 11.7 Å². The van der Waals surface area contributed by atoms with Crippen LogP contribution in [0.25, 0.3) is 0 Å². The summed E-state index contributed by atoms with van der Waals surface area (Å²) in [6.07, 6.45) is -1.47. The van der Waals surface area contributed by atoms with Crippen molar-refractivity contribution in [3.05, 3.63) is 18.1 Å². The number of rotatable bonds is 5. The minimum Gasteiger partial charge on any atom is -0.372 e. The molecule has 0 aromatic carbocycles. The molecule has 0 aliphatic heterocycles. The molecule has 1 aromatic rings. The minimum absolute atomic E-state index is 0.0177. The summed E-state index contributed by atoms with van der Waals surface area (Å²) in [7, 11) is 1.58. The van der Waals surface area contributed by atoms with Crippen LogP contribution in [0.5, 0.6) is 0 Å². The van der Waals surface area contributed by atoms with Gasteiger partial charge in [0.2, 0.25) is 0 Å². The maximum atomic E-state index is 12.4. The largest absolute Gasteiger partial charge is 0.406 e. The summed E-state index contributed by atoms with van der Waals surface area (Å²) in [5, 5.41) is 2.67. The summed E-state index contributed by atoms with van der Waals surface area (Å²) in [5.74, 6) is -0.446. The van der Waals surface area contributed by atoms with Gasteiger partial charge in [-0.3, -0.25) is 9.78 Å². The average molecular weight is 276 g/mol. The molecule has 1 rings (SSSR count). The molecule has 1 heterocycles. The fourth-order valence-corrected chi connectivity index (χ4v) is 1.49. The molecular formula is C11H15F3N4O. The van der Waals surface area contributed by atoms with E-state index in [1.54, 1.807) is 14.0 Å². The smallest absolute Gasteiger partial charge is 0.372 e. The van der Waals surface area contributed by atoms with Crippen LogP contribution in [0.1, 0.15) is 23.8 Å². The van der Waals surface area contributed by atoms with E-state index in [0.29, 0.717) is 12.2 Å². The summed E-state index contributed by atoms with van der Waals surface area (Å²) in [5.41, 5.74) is -0.107. The number of hydrogen-bond donors (Lipinski definition) is 1. The van der Waals surface area contributed by atoms with E-state index in [4.69, 9.17) is 0 Å². The van der Waals surface area contributed by atoms with Crippen LogP contribution in [0.3, 0.4) is 0 Å². The highest BCUT2D eigenvalue weighted by Crippen LogP contribution is 2.18. The van der Waals surface area contributed by atoms with Crippen LogP contribution >= 0.6 is 0 Å². The maximum Gasteiger partial charge on any atom is 0.406 e. The van der Waals surface area contributed by atoms with Gasteiger partial charge in [0, 0.05) is 13.6 Å². The predicted molar refractivity (Wildman–Crippen MR) is 63.8 cm³/mol. The van der Waals surface area contributed by atoms with Gasteiger partial charge in [-0.05, 0) is 6.42 Å². The fraction of sp³-hybridized carbons (Fsp3) is 0.545. The van der Waals surface area contributed by atoms with Gasteiger partial charge in [-0.25, -0.2) is 4.98 Å². The Bertz CT molecular complexity index is 436. The first-order valence-electron chi connectivity index (χ1n) is 5.73. The van der Waals surface area contributed by atoms with Crippen molar-refractivity contribution in [1.29, 1.82) is 0 Å². The number of nitrogens with one attached hydrogen (secondary N) is 1. The normalized spacial score (nSPS) is 11.2. The third-order valence-corrected chi connectivity index (χ3v) is 2.26. The maximum absolute atomic E-state index is 12.4. The van der Waals surface area contributed by atoms with E-state index < -0.39 is 18.6 Å². The van der Waals surface area contributed by atoms with E-state index in [1.807, 2.05) is 0 Å². The van der Waals surface area contributed by atoms with Gasteiger partial charge in [0.25, 0.3) is 5.91 Å². The topological polar surface area (TPSA) is 58.1 Å². The third kappa shape index (κ3) is 4.72. The van der Waals surface area contributed by atoms with Crippen LogP contribution in [-0.4, -0.2) is 47.1 Å². The zero-order valence-corrected chi connectivity index (χ0v) is 10.7. The number of alkyl halides is 3. The van der Waals surface area contributed by atoms with Crippen LogP contribution in [0, 0.1) is 0 Å². The van der Waals surface area contributed by atoms with Crippen molar-refractivity contribution in [3.63, 3.8) is 0 Å². The van der Waals surface area contributed by atoms with Gasteiger partial charge in [-0.2, -0.15) is 13.2 Å². The Kier molecular flexibility index (Phi) is 5.08. The Labute approximate surface area is 108 Å². The van der Waals surface area contributed by atoms with Gasteiger partial charge in [-0.1, -0.05) is 6.92 Å². The van der Waals surface area contributed by atoms with Gasteiger partial charge in [0.05, 0.1) is 12.4 Å². The molecule has 19 heavy (non-hydrogen) atoms. The second kappa shape index (κ2) is 6.35. The lowest BCUT2D eigenvalue weighted by Crippen LogP contribution is -2.39. The number of anilines is 1. The van der Waals surface area contributed by atoms with Crippen LogP contribution in [-0.2, 0) is 0 Å². The second-order valence-corrected chi connectivity index (χ2v) is 3.88. The number of carbonyl (C=O) groups excluding carboxylic acids is 1. The van der Waals surface area contributed by atoms with Crippen molar-refractivity contribution in [2.75, 3.05) is 25.5 Å². The number of carbonyl (C=O) groups is 1. The molecule has 5 nitrogen and oxygen atoms in total. The molecule has 0 atom stereocenters. The second-order valence-electron chi connectivity index (χ2n) is 3.88. The van der Waals surface area contributed by atoms with E-state index in [9.17, 15) is 18.0 Å². The first-order valence-corrected chi connectivity index (χ1v) is 5.73. The molecule has 1 aromatic heterocycles. The molecule has 0 fully saturated rings. The van der Waals surface area contributed by atoms with E-state index >= 15 is 0 Å². The Morgan fingerprint density at radius 3 is 2.63 bits per heavy atom.